The molecule has 60 heavy (non-hydrogen) atoms. The Morgan fingerprint density at radius 1 is 0.883 bits per heavy atom. The number of aromatic nitrogens is 2. The molecule has 0 radical (unpaired) electrons. The lowest BCUT2D eigenvalue weighted by Gasteiger charge is -2.72. The second-order valence-corrected chi connectivity index (χ2v) is 23.9. The number of allylic oxidation sites excluding steroid dienone is 1. The first-order chi connectivity index (χ1) is 27.8. The van der Waals surface area contributed by atoms with Crippen LogP contribution in [0.3, 0.4) is 0 Å². The minimum atomic E-state index is -0.991. The molecule has 11 heteroatoms. The van der Waals surface area contributed by atoms with Crippen molar-refractivity contribution in [2.75, 3.05) is 6.54 Å². The molecule has 1 aromatic heterocycles. The molecule has 1 aliphatic heterocycles. The lowest BCUT2D eigenvalue weighted by atomic mass is 9.33. The molecule has 2 heterocycles. The van der Waals surface area contributed by atoms with Crippen LogP contribution in [0.25, 0.3) is 0 Å². The Morgan fingerprint density at radius 3 is 2.17 bits per heavy atom. The first-order valence-electron chi connectivity index (χ1n) is 22.9. The van der Waals surface area contributed by atoms with Gasteiger partial charge in [0, 0.05) is 29.6 Å². The molecule has 1 saturated heterocycles. The fraction of sp³-hybridized carbons (Fsp3) is 0.796. The van der Waals surface area contributed by atoms with Gasteiger partial charge in [0.15, 0.2) is 11.6 Å². The van der Waals surface area contributed by atoms with Gasteiger partial charge in [-0.05, 0) is 150 Å². The molecule has 6 fully saturated rings. The molecule has 9 atom stereocenters. The van der Waals surface area contributed by atoms with Crippen LogP contribution in [0.4, 0.5) is 4.79 Å². The van der Waals surface area contributed by atoms with Gasteiger partial charge in [-0.2, -0.15) is 0 Å². The molecule has 5 saturated carbocycles. The largest absolute Gasteiger partial charge is 0.462 e. The highest BCUT2D eigenvalue weighted by atomic mass is 35.5. The fourth-order valence-electron chi connectivity index (χ4n) is 14.7. The highest BCUT2D eigenvalue weighted by molar-refractivity contribution is 6.30. The van der Waals surface area contributed by atoms with Gasteiger partial charge in [-0.25, -0.2) is 14.8 Å². The molecular weight excluding hydrogens is 778 g/mol. The summed E-state index contributed by atoms with van der Waals surface area (Å²) >= 11 is 6.15. The lowest BCUT2D eigenvalue weighted by Crippen LogP contribution is -2.66. The average Bonchev–Trinajstić information content (AvgIpc) is 3.73. The van der Waals surface area contributed by atoms with E-state index in [9.17, 15) is 19.2 Å². The van der Waals surface area contributed by atoms with Crippen molar-refractivity contribution in [2.24, 2.45) is 56.2 Å². The molecule has 0 bridgehead atoms. The predicted molar refractivity (Wildman–Crippen MR) is 228 cm³/mol. The highest BCUT2D eigenvalue weighted by Gasteiger charge is 2.72. The number of ether oxygens (including phenoxy) is 3. The third kappa shape index (κ3) is 6.42. The van der Waals surface area contributed by atoms with Crippen LogP contribution in [0.5, 0.6) is 0 Å². The summed E-state index contributed by atoms with van der Waals surface area (Å²) in [5.74, 6) is 1.23. The summed E-state index contributed by atoms with van der Waals surface area (Å²) < 4.78 is 18.5. The van der Waals surface area contributed by atoms with Crippen LogP contribution in [0.15, 0.2) is 23.5 Å². The van der Waals surface area contributed by atoms with Crippen LogP contribution >= 0.6 is 11.6 Å². The summed E-state index contributed by atoms with van der Waals surface area (Å²) in [4.78, 5) is 65.9. The maximum atomic E-state index is 14.4. The summed E-state index contributed by atoms with van der Waals surface area (Å²) in [6, 6.07) is 0. The molecule has 0 N–H and O–H groups in total. The normalized spacial score (nSPS) is 38.1. The number of halogens is 1. The molecule has 8 rings (SSSR count). The number of cyclic esters (lactones) is 1. The first-order valence-corrected chi connectivity index (χ1v) is 23.3. The molecule has 1 aromatic rings. The summed E-state index contributed by atoms with van der Waals surface area (Å²) in [6.07, 6.45) is 11.9. The molecule has 10 nitrogen and oxygen atoms in total. The summed E-state index contributed by atoms with van der Waals surface area (Å²) in [5.41, 5.74) is -0.678. The number of ketones is 1. The van der Waals surface area contributed by atoms with Gasteiger partial charge in [-0.1, -0.05) is 60.1 Å². The summed E-state index contributed by atoms with van der Waals surface area (Å²) in [6.45, 7) is 26.0. The van der Waals surface area contributed by atoms with Crippen molar-refractivity contribution in [3.05, 3.63) is 34.4 Å². The SMILES string of the molecule is CC(C)C1=C2[C@H]3CC[C@@H]4[C@@]5(C)CC[C@H](OC(=O)CC(C)(C)C(=O)OC(C)(C)C)C(C)(C)[C@@H]5CC[C@@]4(C)[C@]3(C)CC[C@@]2(C2CN(C3(c4ncc(Cl)cn4)CC3)C(=O)O2)CC1=O. The third-order valence-corrected chi connectivity index (χ3v) is 18.1. The molecule has 0 spiro atoms. The van der Waals surface area contributed by atoms with Crippen LogP contribution < -0.4 is 0 Å². The molecule has 330 valence electrons. The van der Waals surface area contributed by atoms with Gasteiger partial charge < -0.3 is 14.2 Å². The minimum absolute atomic E-state index is 0.0213. The second kappa shape index (κ2) is 14.0. The van der Waals surface area contributed by atoms with Crippen LogP contribution in [-0.2, 0) is 34.1 Å². The standard InChI is InChI=1S/C49H70ClN3O7/c1-28(2)37-31(54)23-48(35-27-53(41(57)59-35)49(21-22-49)39-51-25-29(50)26-52-39)20-19-46(11)30(38(37)48)13-14-33-45(10)17-16-34(44(8,9)32(45)15-18-47(33,46)12)58-36(55)24-43(6,7)40(56)60-42(3,4)5/h25-26,28,30,32-35H,13-24,27H2,1-12H3/t30-,32+,33-,34+,35?,45+,46-,47-,48+/m1/s1. The zero-order valence-corrected chi connectivity index (χ0v) is 39.1. The van der Waals surface area contributed by atoms with Gasteiger partial charge in [-0.3, -0.25) is 19.3 Å². The molecule has 1 unspecified atom stereocenters. The number of nitrogens with zero attached hydrogens (tertiary/aromatic N) is 3. The monoisotopic (exact) mass is 847 g/mol. The fourth-order valence-corrected chi connectivity index (χ4v) is 14.8. The van der Waals surface area contributed by atoms with Crippen LogP contribution in [0, 0.1) is 56.2 Å². The molecular formula is C49H70ClN3O7. The quantitative estimate of drug-likeness (QED) is 0.186. The van der Waals surface area contributed by atoms with Gasteiger partial charge in [0.1, 0.15) is 23.3 Å². The van der Waals surface area contributed by atoms with Gasteiger partial charge in [-0.15, -0.1) is 0 Å². The Bertz CT molecular complexity index is 2000. The number of carbonyl (C=O) groups is 4. The molecule has 7 aliphatic rings. The number of carbonyl (C=O) groups excluding carboxylic acids is 4. The maximum Gasteiger partial charge on any atom is 0.411 e. The number of hydrogen-bond donors (Lipinski definition) is 0. The van der Waals surface area contributed by atoms with Crippen molar-refractivity contribution in [1.82, 2.24) is 14.9 Å². The maximum absolute atomic E-state index is 14.4. The van der Waals surface area contributed by atoms with Crippen molar-refractivity contribution >= 4 is 35.4 Å². The topological polar surface area (TPSA) is 125 Å². The number of amides is 1. The van der Waals surface area contributed by atoms with Crippen LogP contribution in [0.1, 0.15) is 166 Å². The summed E-state index contributed by atoms with van der Waals surface area (Å²) in [7, 11) is 0. The molecule has 1 amide bonds. The van der Waals surface area contributed by atoms with Crippen molar-refractivity contribution in [3.8, 4) is 0 Å². The van der Waals surface area contributed by atoms with Crippen LogP contribution in [-0.4, -0.2) is 63.0 Å². The number of rotatable bonds is 8. The third-order valence-electron chi connectivity index (χ3n) is 17.9. The smallest absolute Gasteiger partial charge is 0.411 e. The minimum Gasteiger partial charge on any atom is -0.462 e. The van der Waals surface area contributed by atoms with E-state index in [0.29, 0.717) is 35.6 Å². The van der Waals surface area contributed by atoms with E-state index in [2.05, 4.69) is 58.4 Å². The van der Waals surface area contributed by atoms with Crippen molar-refractivity contribution in [3.63, 3.8) is 0 Å². The van der Waals surface area contributed by atoms with E-state index >= 15 is 0 Å². The number of esters is 2. The Balaban J connectivity index is 1.05. The van der Waals surface area contributed by atoms with E-state index < -0.39 is 34.0 Å². The van der Waals surface area contributed by atoms with E-state index in [1.165, 1.54) is 5.57 Å². The second-order valence-electron chi connectivity index (χ2n) is 23.5. The summed E-state index contributed by atoms with van der Waals surface area (Å²) in [5, 5.41) is 0.460. The van der Waals surface area contributed by atoms with Gasteiger partial charge in [0.2, 0.25) is 0 Å². The van der Waals surface area contributed by atoms with E-state index in [0.717, 1.165) is 69.8 Å². The van der Waals surface area contributed by atoms with Gasteiger partial charge in [0.25, 0.3) is 0 Å². The molecule has 6 aliphatic carbocycles. The van der Waals surface area contributed by atoms with Crippen LogP contribution in [0.2, 0.25) is 5.02 Å². The Hall–Kier alpha value is -3.01. The number of hydrogen-bond acceptors (Lipinski definition) is 9. The number of fused-ring (bicyclic) bond motifs is 7. The predicted octanol–water partition coefficient (Wildman–Crippen LogP) is 10.6. The zero-order valence-electron chi connectivity index (χ0n) is 38.4. The Morgan fingerprint density at radius 2 is 1.55 bits per heavy atom. The Labute approximate surface area is 363 Å². The van der Waals surface area contributed by atoms with Gasteiger partial charge >= 0.3 is 18.0 Å². The van der Waals surface area contributed by atoms with E-state index in [1.807, 2.05) is 25.7 Å². The van der Waals surface area contributed by atoms with E-state index in [-0.39, 0.29) is 63.9 Å². The number of Topliss-reactive ketones (excluding diaryl/α,β-unsaturated/α-hetero) is 1. The highest BCUT2D eigenvalue weighted by Crippen LogP contribution is 2.77. The van der Waals surface area contributed by atoms with E-state index in [1.54, 1.807) is 26.2 Å². The molecule has 0 aromatic carbocycles. The Kier molecular flexibility index (Phi) is 10.2. The van der Waals surface area contributed by atoms with Crippen molar-refractivity contribution in [2.45, 2.75) is 183 Å². The van der Waals surface area contributed by atoms with Crippen molar-refractivity contribution in [1.29, 1.82) is 0 Å². The van der Waals surface area contributed by atoms with Crippen molar-refractivity contribution < 1.29 is 33.4 Å². The van der Waals surface area contributed by atoms with E-state index in [4.69, 9.17) is 25.8 Å². The first kappa shape index (κ1) is 43.6. The lowest BCUT2D eigenvalue weighted by molar-refractivity contribution is -0.235. The van der Waals surface area contributed by atoms with Gasteiger partial charge in [0.05, 0.1) is 23.4 Å². The zero-order chi connectivity index (χ0) is 43.8. The average molecular weight is 849 g/mol.